The van der Waals surface area contributed by atoms with Crippen molar-refractivity contribution in [3.05, 3.63) is 65.5 Å². The van der Waals surface area contributed by atoms with Gasteiger partial charge in [0.15, 0.2) is 0 Å². The largest absolute Gasteiger partial charge is 0.465 e. The molecule has 28 heavy (non-hydrogen) atoms. The van der Waals surface area contributed by atoms with E-state index in [1.807, 2.05) is 29.4 Å². The summed E-state index contributed by atoms with van der Waals surface area (Å²) < 4.78 is 4.76. The number of rotatable bonds is 6. The normalized spacial score (nSPS) is 16.8. The Balaban J connectivity index is 1.70. The molecule has 1 aliphatic heterocycles. The molecule has 1 fully saturated rings. The number of likely N-dealkylation sites (tertiary alicyclic amines) is 1. The number of amides is 1. The van der Waals surface area contributed by atoms with Crippen LogP contribution in [0.4, 0.5) is 0 Å². The Labute approximate surface area is 166 Å². The van der Waals surface area contributed by atoms with Gasteiger partial charge in [0, 0.05) is 43.6 Å². The highest BCUT2D eigenvalue weighted by molar-refractivity contribution is 5.98. The van der Waals surface area contributed by atoms with Crippen LogP contribution in [0.15, 0.2) is 48.8 Å². The third-order valence-corrected chi connectivity index (χ3v) is 5.27. The molecule has 6 heteroatoms. The van der Waals surface area contributed by atoms with Crippen LogP contribution in [0.1, 0.15) is 46.0 Å². The van der Waals surface area contributed by atoms with Gasteiger partial charge in [-0.15, -0.1) is 0 Å². The molecule has 1 atom stereocenters. The first-order valence-electron chi connectivity index (χ1n) is 9.73. The zero-order valence-electron chi connectivity index (χ0n) is 16.5. The molecule has 0 N–H and O–H groups in total. The molecule has 0 saturated carbocycles. The second-order valence-electron chi connectivity index (χ2n) is 7.04. The highest BCUT2D eigenvalue weighted by atomic mass is 16.5. The van der Waals surface area contributed by atoms with Crippen molar-refractivity contribution in [1.29, 1.82) is 0 Å². The zero-order chi connectivity index (χ0) is 19.9. The summed E-state index contributed by atoms with van der Waals surface area (Å²) in [4.78, 5) is 33.2. The van der Waals surface area contributed by atoms with Crippen LogP contribution in [0.5, 0.6) is 0 Å². The molecule has 1 aromatic carbocycles. The molecule has 1 aromatic heterocycles. The third-order valence-electron chi connectivity index (χ3n) is 5.27. The van der Waals surface area contributed by atoms with Crippen molar-refractivity contribution in [2.45, 2.75) is 32.4 Å². The van der Waals surface area contributed by atoms with E-state index in [2.05, 4.69) is 16.8 Å². The fourth-order valence-electron chi connectivity index (χ4n) is 3.74. The van der Waals surface area contributed by atoms with Gasteiger partial charge in [0.2, 0.25) is 0 Å². The van der Waals surface area contributed by atoms with Crippen LogP contribution in [-0.4, -0.2) is 59.4 Å². The van der Waals surface area contributed by atoms with Gasteiger partial charge in [0.05, 0.1) is 12.7 Å². The van der Waals surface area contributed by atoms with Crippen LogP contribution in [0.3, 0.4) is 0 Å². The summed E-state index contributed by atoms with van der Waals surface area (Å²) in [6, 6.07) is 11.1. The molecular formula is C22H27N3O3. The van der Waals surface area contributed by atoms with Gasteiger partial charge in [-0.3, -0.25) is 14.7 Å². The molecule has 0 spiro atoms. The molecule has 1 unspecified atom stereocenters. The van der Waals surface area contributed by atoms with E-state index >= 15 is 0 Å². The molecule has 0 radical (unpaired) electrons. The first-order chi connectivity index (χ1) is 13.6. The number of methoxy groups -OCH3 is 1. The number of piperidine rings is 1. The Morgan fingerprint density at radius 2 is 1.96 bits per heavy atom. The third kappa shape index (κ3) is 4.75. The summed E-state index contributed by atoms with van der Waals surface area (Å²) >= 11 is 0. The number of ether oxygens (including phenoxy) is 1. The number of nitrogens with zero attached hydrogens (tertiary/aromatic N) is 3. The molecule has 2 heterocycles. The summed E-state index contributed by atoms with van der Waals surface area (Å²) in [6.45, 7) is 5.36. The number of hydrogen-bond donors (Lipinski definition) is 0. The first kappa shape index (κ1) is 20.0. The van der Waals surface area contributed by atoms with Crippen LogP contribution < -0.4 is 0 Å². The van der Waals surface area contributed by atoms with E-state index in [9.17, 15) is 9.59 Å². The van der Waals surface area contributed by atoms with Gasteiger partial charge in [-0.05, 0) is 55.3 Å². The lowest BCUT2D eigenvalue weighted by atomic mass is 10.0. The molecule has 6 nitrogen and oxygen atoms in total. The van der Waals surface area contributed by atoms with Crippen molar-refractivity contribution in [2.24, 2.45) is 0 Å². The smallest absolute Gasteiger partial charge is 0.337 e. The summed E-state index contributed by atoms with van der Waals surface area (Å²) in [5.74, 6) is -0.462. The minimum absolute atomic E-state index is 0.0320. The molecule has 148 valence electrons. The summed E-state index contributed by atoms with van der Waals surface area (Å²) in [5, 5.41) is 0. The Hall–Kier alpha value is -2.73. The predicted molar refractivity (Wildman–Crippen MR) is 107 cm³/mol. The topological polar surface area (TPSA) is 62.7 Å². The molecule has 1 amide bonds. The van der Waals surface area contributed by atoms with E-state index < -0.39 is 5.97 Å². The van der Waals surface area contributed by atoms with Crippen molar-refractivity contribution in [2.75, 3.05) is 26.7 Å². The molecule has 1 aliphatic rings. The quantitative estimate of drug-likeness (QED) is 0.720. The van der Waals surface area contributed by atoms with E-state index in [0.717, 1.165) is 32.5 Å². The maximum absolute atomic E-state index is 13.0. The van der Waals surface area contributed by atoms with Gasteiger partial charge < -0.3 is 9.64 Å². The monoisotopic (exact) mass is 381 g/mol. The second kappa shape index (κ2) is 9.46. The van der Waals surface area contributed by atoms with Crippen LogP contribution in [0.2, 0.25) is 0 Å². The average molecular weight is 381 g/mol. The van der Waals surface area contributed by atoms with Crippen molar-refractivity contribution < 1.29 is 14.3 Å². The fraction of sp³-hybridized carbons (Fsp3) is 0.409. The molecule has 0 bridgehead atoms. The number of aromatic nitrogens is 1. The lowest BCUT2D eigenvalue weighted by molar-refractivity contribution is 0.0569. The lowest BCUT2D eigenvalue weighted by Crippen LogP contribution is -2.49. The van der Waals surface area contributed by atoms with Crippen molar-refractivity contribution >= 4 is 11.9 Å². The van der Waals surface area contributed by atoms with Gasteiger partial charge >= 0.3 is 5.97 Å². The van der Waals surface area contributed by atoms with Gasteiger partial charge in [-0.1, -0.05) is 13.0 Å². The van der Waals surface area contributed by atoms with Crippen molar-refractivity contribution in [1.82, 2.24) is 14.8 Å². The summed E-state index contributed by atoms with van der Waals surface area (Å²) in [7, 11) is 1.34. The fourth-order valence-corrected chi connectivity index (χ4v) is 3.74. The Morgan fingerprint density at radius 1 is 1.21 bits per heavy atom. The first-order valence-corrected chi connectivity index (χ1v) is 9.73. The Morgan fingerprint density at radius 3 is 2.68 bits per heavy atom. The van der Waals surface area contributed by atoms with Gasteiger partial charge in [-0.25, -0.2) is 4.79 Å². The standard InChI is InChI=1S/C22H27N3O3/c1-3-24(15-17-9-11-23-12-10-17)20-8-5-13-25(16-20)21(26)18-6-4-7-19(14-18)22(27)28-2/h4,6-7,9-12,14,20H,3,5,8,13,15-16H2,1-2H3. The minimum atomic E-state index is -0.430. The lowest BCUT2D eigenvalue weighted by Gasteiger charge is -2.39. The maximum Gasteiger partial charge on any atom is 0.337 e. The van der Waals surface area contributed by atoms with Gasteiger partial charge in [0.1, 0.15) is 0 Å². The summed E-state index contributed by atoms with van der Waals surface area (Å²) in [6.07, 6.45) is 5.67. The second-order valence-corrected chi connectivity index (χ2v) is 7.04. The van der Waals surface area contributed by atoms with E-state index in [0.29, 0.717) is 23.7 Å². The van der Waals surface area contributed by atoms with Crippen molar-refractivity contribution in [3.8, 4) is 0 Å². The number of hydrogen-bond acceptors (Lipinski definition) is 5. The molecule has 2 aromatic rings. The zero-order valence-corrected chi connectivity index (χ0v) is 16.5. The average Bonchev–Trinajstić information content (AvgIpc) is 2.77. The van der Waals surface area contributed by atoms with E-state index in [-0.39, 0.29) is 5.91 Å². The summed E-state index contributed by atoms with van der Waals surface area (Å²) in [5.41, 5.74) is 2.15. The van der Waals surface area contributed by atoms with Crippen LogP contribution in [0, 0.1) is 0 Å². The number of esters is 1. The van der Waals surface area contributed by atoms with Crippen LogP contribution >= 0.6 is 0 Å². The number of benzene rings is 1. The SMILES string of the molecule is CCN(Cc1ccncc1)C1CCCN(C(=O)c2cccc(C(=O)OC)c2)C1. The predicted octanol–water partition coefficient (Wildman–Crippen LogP) is 2.99. The Kier molecular flexibility index (Phi) is 6.76. The van der Waals surface area contributed by atoms with E-state index in [1.165, 1.54) is 12.7 Å². The minimum Gasteiger partial charge on any atom is -0.465 e. The molecule has 3 rings (SSSR count). The molecule has 0 aliphatic carbocycles. The molecule has 1 saturated heterocycles. The highest BCUT2D eigenvalue weighted by Crippen LogP contribution is 2.20. The van der Waals surface area contributed by atoms with Gasteiger partial charge in [0.25, 0.3) is 5.91 Å². The van der Waals surface area contributed by atoms with E-state index in [4.69, 9.17) is 4.74 Å². The van der Waals surface area contributed by atoms with Crippen LogP contribution in [-0.2, 0) is 11.3 Å². The number of carbonyl (C=O) groups is 2. The Bertz CT molecular complexity index is 810. The van der Waals surface area contributed by atoms with Crippen LogP contribution in [0.25, 0.3) is 0 Å². The molecular weight excluding hydrogens is 354 g/mol. The van der Waals surface area contributed by atoms with E-state index in [1.54, 1.807) is 24.3 Å². The number of carbonyl (C=O) groups excluding carboxylic acids is 2. The van der Waals surface area contributed by atoms with Crippen molar-refractivity contribution in [3.63, 3.8) is 0 Å². The number of pyridine rings is 1. The van der Waals surface area contributed by atoms with Gasteiger partial charge in [-0.2, -0.15) is 0 Å². The number of likely N-dealkylation sites (N-methyl/N-ethyl adjacent to an activating group) is 1. The maximum atomic E-state index is 13.0. The highest BCUT2D eigenvalue weighted by Gasteiger charge is 2.28.